The lowest BCUT2D eigenvalue weighted by molar-refractivity contribution is -0.00378. The van der Waals surface area contributed by atoms with Gasteiger partial charge in [-0.05, 0) is 26.7 Å². The van der Waals surface area contributed by atoms with E-state index in [-0.39, 0.29) is 18.7 Å². The van der Waals surface area contributed by atoms with Gasteiger partial charge < -0.3 is 19.6 Å². The van der Waals surface area contributed by atoms with E-state index in [2.05, 4.69) is 0 Å². The first-order valence-electron chi connectivity index (χ1n) is 6.49. The van der Waals surface area contributed by atoms with Gasteiger partial charge in [-0.1, -0.05) is 0 Å². The smallest absolute Gasteiger partial charge is 0.319 e. The van der Waals surface area contributed by atoms with E-state index in [1.807, 2.05) is 23.6 Å². The van der Waals surface area contributed by atoms with Gasteiger partial charge in [-0.3, -0.25) is 0 Å². The summed E-state index contributed by atoms with van der Waals surface area (Å²) in [6.45, 7) is 7.49. The molecule has 0 unspecified atom stereocenters. The lowest BCUT2D eigenvalue weighted by Gasteiger charge is -2.35. The van der Waals surface area contributed by atoms with Crippen molar-refractivity contribution in [2.75, 3.05) is 39.4 Å². The number of carbonyl (C=O) groups excluding carboxylic acids is 1. The normalized spacial score (nSPS) is 17.2. The predicted molar refractivity (Wildman–Crippen MR) is 65.9 cm³/mol. The van der Waals surface area contributed by atoms with E-state index in [9.17, 15) is 4.79 Å². The van der Waals surface area contributed by atoms with E-state index in [4.69, 9.17) is 9.84 Å². The summed E-state index contributed by atoms with van der Waals surface area (Å²) >= 11 is 0. The SMILES string of the molecule is CCN(CC)C(=O)N1CCC(OCCO)CC1. The molecule has 5 heteroatoms. The standard InChI is InChI=1S/C12H24N2O3/c1-3-13(4-2)12(16)14-7-5-11(6-8-14)17-10-9-15/h11,15H,3-10H2,1-2H3. The molecule has 0 atom stereocenters. The van der Waals surface area contributed by atoms with Crippen LogP contribution in [0.5, 0.6) is 0 Å². The van der Waals surface area contributed by atoms with Crippen LogP contribution in [0, 0.1) is 0 Å². The van der Waals surface area contributed by atoms with Gasteiger partial charge in [0, 0.05) is 26.2 Å². The lowest BCUT2D eigenvalue weighted by Crippen LogP contribution is -2.47. The highest BCUT2D eigenvalue weighted by atomic mass is 16.5. The number of piperidine rings is 1. The van der Waals surface area contributed by atoms with Crippen LogP contribution < -0.4 is 0 Å². The maximum atomic E-state index is 12.1. The highest BCUT2D eigenvalue weighted by molar-refractivity contribution is 5.74. The third kappa shape index (κ3) is 4.16. The molecular weight excluding hydrogens is 220 g/mol. The fourth-order valence-corrected chi connectivity index (χ4v) is 2.13. The number of likely N-dealkylation sites (tertiary alicyclic amines) is 1. The van der Waals surface area contributed by atoms with Crippen LogP contribution in [0.4, 0.5) is 4.79 Å². The molecule has 1 fully saturated rings. The molecule has 0 radical (unpaired) electrons. The van der Waals surface area contributed by atoms with Crippen LogP contribution >= 0.6 is 0 Å². The maximum Gasteiger partial charge on any atom is 0.319 e. The Bertz CT molecular complexity index is 224. The summed E-state index contributed by atoms with van der Waals surface area (Å²) in [5.74, 6) is 0. The minimum atomic E-state index is 0.0680. The van der Waals surface area contributed by atoms with Gasteiger partial charge in [0.15, 0.2) is 0 Å². The zero-order chi connectivity index (χ0) is 12.7. The Labute approximate surface area is 103 Å². The molecule has 1 aliphatic heterocycles. The number of amides is 2. The number of urea groups is 1. The molecule has 0 aromatic heterocycles. The number of nitrogens with zero attached hydrogens (tertiary/aromatic N) is 2. The van der Waals surface area contributed by atoms with Gasteiger partial charge in [-0.2, -0.15) is 0 Å². The molecule has 1 rings (SSSR count). The van der Waals surface area contributed by atoms with Crippen molar-refractivity contribution in [1.82, 2.24) is 9.80 Å². The summed E-state index contributed by atoms with van der Waals surface area (Å²) in [6.07, 6.45) is 1.93. The molecule has 1 saturated heterocycles. The number of aliphatic hydroxyl groups excluding tert-OH is 1. The molecule has 5 nitrogen and oxygen atoms in total. The minimum absolute atomic E-state index is 0.0680. The molecule has 0 saturated carbocycles. The second-order valence-corrected chi connectivity index (χ2v) is 4.24. The summed E-state index contributed by atoms with van der Waals surface area (Å²) in [4.78, 5) is 15.8. The van der Waals surface area contributed by atoms with Crippen molar-refractivity contribution >= 4 is 6.03 Å². The van der Waals surface area contributed by atoms with E-state index >= 15 is 0 Å². The second kappa shape index (κ2) is 7.50. The van der Waals surface area contributed by atoms with Crippen molar-refractivity contribution in [2.24, 2.45) is 0 Å². The topological polar surface area (TPSA) is 53.0 Å². The lowest BCUT2D eigenvalue weighted by atomic mass is 10.1. The van der Waals surface area contributed by atoms with E-state index < -0.39 is 0 Å². The minimum Gasteiger partial charge on any atom is -0.394 e. The molecule has 0 spiro atoms. The molecular formula is C12H24N2O3. The van der Waals surface area contributed by atoms with Gasteiger partial charge in [0.05, 0.1) is 19.3 Å². The first kappa shape index (κ1) is 14.3. The van der Waals surface area contributed by atoms with Crippen LogP contribution in [-0.4, -0.2) is 66.4 Å². The van der Waals surface area contributed by atoms with Crippen molar-refractivity contribution < 1.29 is 14.6 Å². The molecule has 17 heavy (non-hydrogen) atoms. The van der Waals surface area contributed by atoms with Crippen molar-refractivity contribution in [3.05, 3.63) is 0 Å². The highest BCUT2D eigenvalue weighted by Gasteiger charge is 2.25. The molecule has 0 aliphatic carbocycles. The zero-order valence-electron chi connectivity index (χ0n) is 10.9. The number of aliphatic hydroxyl groups is 1. The number of rotatable bonds is 5. The van der Waals surface area contributed by atoms with Gasteiger partial charge in [-0.25, -0.2) is 4.79 Å². The third-order valence-corrected chi connectivity index (χ3v) is 3.19. The van der Waals surface area contributed by atoms with Crippen molar-refractivity contribution in [3.63, 3.8) is 0 Å². The van der Waals surface area contributed by atoms with E-state index in [0.717, 1.165) is 39.0 Å². The molecule has 100 valence electrons. The van der Waals surface area contributed by atoms with E-state index in [1.54, 1.807) is 0 Å². The number of hydrogen-bond donors (Lipinski definition) is 1. The number of hydrogen-bond acceptors (Lipinski definition) is 3. The van der Waals surface area contributed by atoms with Crippen molar-refractivity contribution in [2.45, 2.75) is 32.8 Å². The van der Waals surface area contributed by atoms with Crippen LogP contribution in [0.3, 0.4) is 0 Å². The Balaban J connectivity index is 2.33. The van der Waals surface area contributed by atoms with Crippen LogP contribution in [0.1, 0.15) is 26.7 Å². The fourth-order valence-electron chi connectivity index (χ4n) is 2.13. The van der Waals surface area contributed by atoms with Crippen LogP contribution in [0.25, 0.3) is 0 Å². The first-order chi connectivity index (χ1) is 8.22. The predicted octanol–water partition coefficient (Wildman–Crippen LogP) is 0.921. The molecule has 0 aromatic rings. The molecule has 0 aromatic carbocycles. The first-order valence-corrected chi connectivity index (χ1v) is 6.49. The summed E-state index contributed by atoms with van der Waals surface area (Å²) in [6, 6.07) is 0.135. The molecule has 1 aliphatic rings. The monoisotopic (exact) mass is 244 g/mol. The zero-order valence-corrected chi connectivity index (χ0v) is 10.9. The largest absolute Gasteiger partial charge is 0.394 e. The number of carbonyl (C=O) groups is 1. The van der Waals surface area contributed by atoms with Gasteiger partial charge in [-0.15, -0.1) is 0 Å². The van der Waals surface area contributed by atoms with Crippen molar-refractivity contribution in [1.29, 1.82) is 0 Å². The van der Waals surface area contributed by atoms with Crippen molar-refractivity contribution in [3.8, 4) is 0 Å². The Kier molecular flexibility index (Phi) is 6.29. The molecule has 1 heterocycles. The van der Waals surface area contributed by atoms with Crippen LogP contribution in [0.15, 0.2) is 0 Å². The van der Waals surface area contributed by atoms with Crippen LogP contribution in [-0.2, 0) is 4.74 Å². The Morgan fingerprint density at radius 2 is 1.94 bits per heavy atom. The molecule has 1 N–H and O–H groups in total. The molecule has 0 bridgehead atoms. The summed E-state index contributed by atoms with van der Waals surface area (Å²) in [7, 11) is 0. The fraction of sp³-hybridized carbons (Fsp3) is 0.917. The summed E-state index contributed by atoms with van der Waals surface area (Å²) in [5, 5.41) is 8.68. The second-order valence-electron chi connectivity index (χ2n) is 4.24. The Morgan fingerprint density at radius 3 is 2.41 bits per heavy atom. The van der Waals surface area contributed by atoms with Crippen LogP contribution in [0.2, 0.25) is 0 Å². The van der Waals surface area contributed by atoms with Gasteiger partial charge >= 0.3 is 6.03 Å². The quantitative estimate of drug-likeness (QED) is 0.782. The maximum absolute atomic E-state index is 12.1. The highest BCUT2D eigenvalue weighted by Crippen LogP contribution is 2.15. The number of ether oxygens (including phenoxy) is 1. The molecule has 2 amide bonds. The Hall–Kier alpha value is -0.810. The Morgan fingerprint density at radius 1 is 1.35 bits per heavy atom. The summed E-state index contributed by atoms with van der Waals surface area (Å²) < 4.78 is 5.47. The summed E-state index contributed by atoms with van der Waals surface area (Å²) in [5.41, 5.74) is 0. The van der Waals surface area contributed by atoms with Gasteiger partial charge in [0.25, 0.3) is 0 Å². The van der Waals surface area contributed by atoms with Gasteiger partial charge in [0.1, 0.15) is 0 Å². The van der Waals surface area contributed by atoms with E-state index in [0.29, 0.717) is 6.61 Å². The van der Waals surface area contributed by atoms with E-state index in [1.165, 1.54) is 0 Å². The average Bonchev–Trinajstić information content (AvgIpc) is 2.38. The van der Waals surface area contributed by atoms with Gasteiger partial charge in [0.2, 0.25) is 0 Å². The average molecular weight is 244 g/mol. The third-order valence-electron chi connectivity index (χ3n) is 3.19.